The van der Waals surface area contributed by atoms with Gasteiger partial charge in [0.25, 0.3) is 0 Å². The number of phosphoric ester groups is 1. The Morgan fingerprint density at radius 3 is 1.29 bits per heavy atom. The Bertz CT molecular complexity index is 1440. The maximum atomic E-state index is 12.6. The average molecular weight is 940 g/mol. The Morgan fingerprint density at radius 1 is 0.470 bits per heavy atom. The van der Waals surface area contributed by atoms with E-state index in [1.165, 1.54) is 70.6 Å². The van der Waals surface area contributed by atoms with Gasteiger partial charge in [-0.25, -0.2) is 4.57 Å². The van der Waals surface area contributed by atoms with Crippen LogP contribution in [-0.4, -0.2) is 49.3 Å². The summed E-state index contributed by atoms with van der Waals surface area (Å²) in [6, 6.07) is 0. The molecule has 0 aliphatic rings. The van der Waals surface area contributed by atoms with E-state index in [9.17, 15) is 19.0 Å². The van der Waals surface area contributed by atoms with Crippen LogP contribution in [0.25, 0.3) is 0 Å². The summed E-state index contributed by atoms with van der Waals surface area (Å²) in [4.78, 5) is 35.0. The Balaban J connectivity index is 4.19. The summed E-state index contributed by atoms with van der Waals surface area (Å²) in [7, 11) is -4.40. The highest BCUT2D eigenvalue weighted by atomic mass is 31.2. The molecule has 0 spiro atoms. The maximum absolute atomic E-state index is 12.6. The summed E-state index contributed by atoms with van der Waals surface area (Å²) in [5.74, 6) is -0.891. The first-order valence-electron chi connectivity index (χ1n) is 25.9. The number of allylic oxidation sites excluding steroid dienone is 18. The smallest absolute Gasteiger partial charge is 0.462 e. The van der Waals surface area contributed by atoms with Crippen molar-refractivity contribution >= 4 is 19.8 Å². The molecule has 0 saturated carbocycles. The van der Waals surface area contributed by atoms with Crippen LogP contribution in [0.5, 0.6) is 0 Å². The van der Waals surface area contributed by atoms with Gasteiger partial charge < -0.3 is 20.1 Å². The molecule has 0 aliphatic heterocycles. The summed E-state index contributed by atoms with van der Waals surface area (Å²) < 4.78 is 32.9. The number of hydrogen-bond donors (Lipinski definition) is 2. The zero-order chi connectivity index (χ0) is 48.1. The third-order valence-corrected chi connectivity index (χ3v) is 11.4. The molecule has 0 fully saturated rings. The molecule has 0 aromatic heterocycles. The first kappa shape index (κ1) is 62.7. The van der Waals surface area contributed by atoms with Crippen LogP contribution in [0.4, 0.5) is 0 Å². The third-order valence-electron chi connectivity index (χ3n) is 10.4. The standard InChI is InChI=1S/C56H94NO8P/c1-3-5-7-9-11-13-15-17-19-21-23-24-25-26-27-28-29-30-31-33-35-37-39-41-43-45-47-49-56(59)65-54(53-64-66(60,61)63-51-50-57)52-62-55(58)48-46-44-42-40-38-36-34-32-22-20-18-16-14-12-10-8-6-4-2/h5,7,11,13,17,19-20,22-24,26-27,29-30,33,35,39,41,54H,3-4,6,8-10,12,14-16,18,21,25,28,31-32,34,36-38,40,42-53,57H2,1-2H3,(H,60,61)/b7-5-,13-11-,19-17-,22-20-,24-23-,27-26-,30-29-,35-33-,41-39-. The monoisotopic (exact) mass is 940 g/mol. The van der Waals surface area contributed by atoms with Gasteiger partial charge in [-0.3, -0.25) is 18.6 Å². The lowest BCUT2D eigenvalue weighted by Gasteiger charge is -2.19. The van der Waals surface area contributed by atoms with E-state index in [4.69, 9.17) is 24.3 Å². The first-order valence-corrected chi connectivity index (χ1v) is 27.4. The van der Waals surface area contributed by atoms with Gasteiger partial charge in [-0.05, 0) is 103 Å². The fraction of sp³-hybridized carbons (Fsp3) is 0.643. The number of rotatable bonds is 47. The van der Waals surface area contributed by atoms with Gasteiger partial charge in [-0.2, -0.15) is 0 Å². The second kappa shape index (κ2) is 51.1. The molecule has 0 aliphatic carbocycles. The molecule has 0 amide bonds. The quantitative estimate of drug-likeness (QED) is 0.0265. The number of ether oxygens (including phenoxy) is 2. The van der Waals surface area contributed by atoms with Crippen molar-refractivity contribution in [3.63, 3.8) is 0 Å². The van der Waals surface area contributed by atoms with Crippen LogP contribution >= 0.6 is 7.82 Å². The van der Waals surface area contributed by atoms with Gasteiger partial charge in [0.05, 0.1) is 13.2 Å². The van der Waals surface area contributed by atoms with E-state index < -0.39 is 32.5 Å². The fourth-order valence-electron chi connectivity index (χ4n) is 6.59. The molecule has 2 unspecified atom stereocenters. The Kier molecular flexibility index (Phi) is 48.5. The number of carbonyl (C=O) groups is 2. The Morgan fingerprint density at radius 2 is 0.833 bits per heavy atom. The lowest BCUT2D eigenvalue weighted by atomic mass is 10.1. The molecule has 0 heterocycles. The molecular formula is C56H94NO8P. The highest BCUT2D eigenvalue weighted by molar-refractivity contribution is 7.47. The molecule has 3 N–H and O–H groups in total. The summed E-state index contributed by atoms with van der Waals surface area (Å²) in [6.45, 7) is 3.56. The highest BCUT2D eigenvalue weighted by Crippen LogP contribution is 2.43. The van der Waals surface area contributed by atoms with Crippen LogP contribution in [-0.2, 0) is 32.7 Å². The number of hydrogen-bond acceptors (Lipinski definition) is 8. The second-order valence-electron chi connectivity index (χ2n) is 16.7. The maximum Gasteiger partial charge on any atom is 0.472 e. The average Bonchev–Trinajstić information content (AvgIpc) is 3.31. The Hall–Kier alpha value is -3.33. The van der Waals surface area contributed by atoms with Crippen LogP contribution in [0.3, 0.4) is 0 Å². The topological polar surface area (TPSA) is 134 Å². The van der Waals surface area contributed by atoms with Crippen molar-refractivity contribution in [2.24, 2.45) is 5.73 Å². The number of unbranched alkanes of at least 4 members (excludes halogenated alkanes) is 16. The highest BCUT2D eigenvalue weighted by Gasteiger charge is 2.26. The number of nitrogens with two attached hydrogens (primary N) is 1. The molecule has 0 rings (SSSR count). The Labute approximate surface area is 403 Å². The van der Waals surface area contributed by atoms with Crippen molar-refractivity contribution in [1.29, 1.82) is 0 Å². The minimum absolute atomic E-state index is 0.0396. The van der Waals surface area contributed by atoms with Crippen LogP contribution in [0.2, 0.25) is 0 Å². The molecule has 10 heteroatoms. The summed E-state index contributed by atoms with van der Waals surface area (Å²) >= 11 is 0. The lowest BCUT2D eigenvalue weighted by molar-refractivity contribution is -0.161. The summed E-state index contributed by atoms with van der Waals surface area (Å²) in [6.07, 6.45) is 68.4. The molecule has 0 radical (unpaired) electrons. The van der Waals surface area contributed by atoms with Gasteiger partial charge in [0.15, 0.2) is 6.10 Å². The first-order chi connectivity index (χ1) is 32.3. The minimum Gasteiger partial charge on any atom is -0.462 e. The van der Waals surface area contributed by atoms with Crippen molar-refractivity contribution in [2.75, 3.05) is 26.4 Å². The molecule has 0 bridgehead atoms. The van der Waals surface area contributed by atoms with E-state index in [0.717, 1.165) is 96.3 Å². The predicted octanol–water partition coefficient (Wildman–Crippen LogP) is 15.9. The normalized spacial score (nSPS) is 14.1. The van der Waals surface area contributed by atoms with E-state index in [0.29, 0.717) is 6.42 Å². The zero-order valence-corrected chi connectivity index (χ0v) is 42.5. The summed E-state index contributed by atoms with van der Waals surface area (Å²) in [5.41, 5.74) is 5.36. The molecule has 2 atom stereocenters. The molecular weight excluding hydrogens is 846 g/mol. The van der Waals surface area contributed by atoms with Crippen LogP contribution in [0, 0.1) is 0 Å². The molecule has 0 aromatic rings. The van der Waals surface area contributed by atoms with Gasteiger partial charge in [0.2, 0.25) is 0 Å². The fourth-order valence-corrected chi connectivity index (χ4v) is 7.35. The van der Waals surface area contributed by atoms with E-state index in [1.807, 2.05) is 0 Å². The zero-order valence-electron chi connectivity index (χ0n) is 41.6. The second-order valence-corrected chi connectivity index (χ2v) is 18.1. The molecule has 0 saturated heterocycles. The predicted molar refractivity (Wildman–Crippen MR) is 279 cm³/mol. The van der Waals surface area contributed by atoms with Gasteiger partial charge in [-0.15, -0.1) is 0 Å². The SMILES string of the molecule is CC/C=C\C/C=C\C/C=C\C/C=C\C/C=C\C/C=C\C/C=C\C/C=C\CCCCC(=O)OC(COC(=O)CCCCCCCCC/C=C\CCCCCCCCC)COP(=O)(O)OCCN. The van der Waals surface area contributed by atoms with Crippen molar-refractivity contribution in [3.05, 3.63) is 109 Å². The number of phosphoric acid groups is 1. The largest absolute Gasteiger partial charge is 0.472 e. The van der Waals surface area contributed by atoms with Crippen molar-refractivity contribution < 1.29 is 37.6 Å². The number of carbonyl (C=O) groups excluding carboxylic acids is 2. The molecule has 376 valence electrons. The van der Waals surface area contributed by atoms with E-state index in [1.54, 1.807) is 0 Å². The van der Waals surface area contributed by atoms with Crippen molar-refractivity contribution in [2.45, 2.75) is 206 Å². The third kappa shape index (κ3) is 50.1. The van der Waals surface area contributed by atoms with E-state index in [-0.39, 0.29) is 32.6 Å². The summed E-state index contributed by atoms with van der Waals surface area (Å²) in [5, 5.41) is 0. The van der Waals surface area contributed by atoms with Crippen LogP contribution in [0.1, 0.15) is 200 Å². The van der Waals surface area contributed by atoms with E-state index in [2.05, 4.69) is 123 Å². The van der Waals surface area contributed by atoms with Gasteiger partial charge in [-0.1, -0.05) is 194 Å². The van der Waals surface area contributed by atoms with Crippen LogP contribution < -0.4 is 5.73 Å². The van der Waals surface area contributed by atoms with E-state index >= 15 is 0 Å². The minimum atomic E-state index is -4.40. The lowest BCUT2D eigenvalue weighted by Crippen LogP contribution is -2.29. The van der Waals surface area contributed by atoms with Crippen molar-refractivity contribution in [3.8, 4) is 0 Å². The van der Waals surface area contributed by atoms with Gasteiger partial charge in [0, 0.05) is 19.4 Å². The molecule has 0 aromatic carbocycles. The van der Waals surface area contributed by atoms with Crippen LogP contribution in [0.15, 0.2) is 109 Å². The van der Waals surface area contributed by atoms with Gasteiger partial charge in [0.1, 0.15) is 6.61 Å². The van der Waals surface area contributed by atoms with Gasteiger partial charge >= 0.3 is 19.8 Å². The molecule has 9 nitrogen and oxygen atoms in total. The van der Waals surface area contributed by atoms with Crippen molar-refractivity contribution in [1.82, 2.24) is 0 Å². The molecule has 66 heavy (non-hydrogen) atoms. The number of esters is 2.